The topological polar surface area (TPSA) is 84.6 Å². The predicted octanol–water partition coefficient (Wildman–Crippen LogP) is 1.17. The minimum absolute atomic E-state index is 0.243. The molecule has 2 rings (SSSR count). The van der Waals surface area contributed by atoms with Crippen LogP contribution in [-0.4, -0.2) is 30.3 Å². The summed E-state index contributed by atoms with van der Waals surface area (Å²) in [6, 6.07) is 4.93. The van der Waals surface area contributed by atoms with Gasteiger partial charge in [-0.1, -0.05) is 0 Å². The quantitative estimate of drug-likeness (QED) is 0.673. The van der Waals surface area contributed by atoms with Crippen molar-refractivity contribution in [2.45, 2.75) is 25.9 Å². The van der Waals surface area contributed by atoms with Gasteiger partial charge >= 0.3 is 0 Å². The molecule has 1 aromatic rings. The largest absolute Gasteiger partial charge is 0.494 e. The highest BCUT2D eigenvalue weighted by Crippen LogP contribution is 2.32. The van der Waals surface area contributed by atoms with Crippen molar-refractivity contribution >= 4 is 11.6 Å². The van der Waals surface area contributed by atoms with Gasteiger partial charge in [-0.25, -0.2) is 0 Å². The minimum atomic E-state index is -0.448. The van der Waals surface area contributed by atoms with E-state index in [1.165, 1.54) is 0 Å². The lowest BCUT2D eigenvalue weighted by Gasteiger charge is -2.12. The standard InChI is InChI=1S/C14H20N2O3/c1-2-19-12-6-10(5-11(15)7-12)14(18)16-8-13(17)9-3-4-9/h5-7,9,13,17H,2-4,8,15H2,1H3,(H,16,18). The average molecular weight is 264 g/mol. The summed E-state index contributed by atoms with van der Waals surface area (Å²) in [7, 11) is 0. The Labute approximate surface area is 112 Å². The van der Waals surface area contributed by atoms with Gasteiger partial charge in [0.1, 0.15) is 5.75 Å². The number of nitrogens with one attached hydrogen (secondary N) is 1. The van der Waals surface area contributed by atoms with Crippen LogP contribution in [0.5, 0.6) is 5.75 Å². The fourth-order valence-electron chi connectivity index (χ4n) is 1.95. The molecule has 4 N–H and O–H groups in total. The maximum absolute atomic E-state index is 12.0. The second kappa shape index (κ2) is 5.93. The fraction of sp³-hybridized carbons (Fsp3) is 0.500. The Bertz CT molecular complexity index is 458. The monoisotopic (exact) mass is 264 g/mol. The summed E-state index contributed by atoms with van der Waals surface area (Å²) in [5.41, 5.74) is 6.67. The molecule has 19 heavy (non-hydrogen) atoms. The van der Waals surface area contributed by atoms with Gasteiger partial charge in [-0.05, 0) is 37.8 Å². The van der Waals surface area contributed by atoms with E-state index in [1.54, 1.807) is 18.2 Å². The van der Waals surface area contributed by atoms with Crippen LogP contribution in [0.4, 0.5) is 5.69 Å². The van der Waals surface area contributed by atoms with Crippen molar-refractivity contribution in [1.82, 2.24) is 5.32 Å². The van der Waals surface area contributed by atoms with E-state index in [0.29, 0.717) is 29.5 Å². The maximum Gasteiger partial charge on any atom is 0.251 e. The predicted molar refractivity (Wildman–Crippen MR) is 73.1 cm³/mol. The van der Waals surface area contributed by atoms with Crippen LogP contribution < -0.4 is 15.8 Å². The Morgan fingerprint density at radius 2 is 2.26 bits per heavy atom. The minimum Gasteiger partial charge on any atom is -0.494 e. The van der Waals surface area contributed by atoms with Gasteiger partial charge in [-0.3, -0.25) is 4.79 Å². The highest BCUT2D eigenvalue weighted by molar-refractivity contribution is 5.95. The number of benzene rings is 1. The first kappa shape index (κ1) is 13.7. The maximum atomic E-state index is 12.0. The Morgan fingerprint density at radius 3 is 2.89 bits per heavy atom. The molecule has 1 unspecified atom stereocenters. The van der Waals surface area contributed by atoms with Crippen LogP contribution in [0.2, 0.25) is 0 Å². The highest BCUT2D eigenvalue weighted by atomic mass is 16.5. The number of hydrogen-bond donors (Lipinski definition) is 3. The highest BCUT2D eigenvalue weighted by Gasteiger charge is 2.29. The smallest absolute Gasteiger partial charge is 0.251 e. The molecule has 5 nitrogen and oxygen atoms in total. The molecular formula is C14H20N2O3. The van der Waals surface area contributed by atoms with Crippen molar-refractivity contribution in [3.63, 3.8) is 0 Å². The van der Waals surface area contributed by atoms with Crippen LogP contribution >= 0.6 is 0 Å². The molecule has 1 aliphatic carbocycles. The first-order chi connectivity index (χ1) is 9.10. The molecule has 1 aliphatic rings. The molecule has 104 valence electrons. The van der Waals surface area contributed by atoms with Gasteiger partial charge in [-0.2, -0.15) is 0 Å². The number of rotatable bonds is 6. The molecule has 1 atom stereocenters. The second-order valence-corrected chi connectivity index (χ2v) is 4.84. The van der Waals surface area contributed by atoms with Gasteiger partial charge in [0.05, 0.1) is 12.7 Å². The fourth-order valence-corrected chi connectivity index (χ4v) is 1.95. The molecule has 0 heterocycles. The van der Waals surface area contributed by atoms with Crippen molar-refractivity contribution in [1.29, 1.82) is 0 Å². The summed E-state index contributed by atoms with van der Waals surface area (Å²) in [5, 5.41) is 12.4. The van der Waals surface area contributed by atoms with E-state index < -0.39 is 6.10 Å². The van der Waals surface area contributed by atoms with Gasteiger partial charge in [0.2, 0.25) is 0 Å². The second-order valence-electron chi connectivity index (χ2n) is 4.84. The lowest BCUT2D eigenvalue weighted by atomic mass is 10.1. The Balaban J connectivity index is 1.97. The van der Waals surface area contributed by atoms with Crippen molar-refractivity contribution in [2.75, 3.05) is 18.9 Å². The third kappa shape index (κ3) is 3.86. The summed E-state index contributed by atoms with van der Waals surface area (Å²) in [5.74, 6) is 0.684. The van der Waals surface area contributed by atoms with Gasteiger partial charge in [0.25, 0.3) is 5.91 Å². The van der Waals surface area contributed by atoms with E-state index >= 15 is 0 Å². The van der Waals surface area contributed by atoms with E-state index in [0.717, 1.165) is 12.8 Å². The molecule has 0 aromatic heterocycles. The van der Waals surface area contributed by atoms with E-state index in [9.17, 15) is 9.90 Å². The summed E-state index contributed by atoms with van der Waals surface area (Å²) in [6.07, 6.45) is 1.64. The molecule has 0 bridgehead atoms. The Kier molecular flexibility index (Phi) is 4.27. The number of anilines is 1. The van der Waals surface area contributed by atoms with E-state index in [1.807, 2.05) is 6.92 Å². The molecule has 0 radical (unpaired) electrons. The summed E-state index contributed by atoms with van der Waals surface area (Å²) in [4.78, 5) is 12.0. The number of amides is 1. The molecule has 1 saturated carbocycles. The van der Waals surface area contributed by atoms with E-state index in [-0.39, 0.29) is 12.5 Å². The zero-order valence-electron chi connectivity index (χ0n) is 11.1. The van der Waals surface area contributed by atoms with E-state index in [2.05, 4.69) is 5.32 Å². The number of aliphatic hydroxyl groups excluding tert-OH is 1. The molecule has 1 aromatic carbocycles. The van der Waals surface area contributed by atoms with Crippen LogP contribution in [0.15, 0.2) is 18.2 Å². The number of aliphatic hydroxyl groups is 1. The zero-order valence-corrected chi connectivity index (χ0v) is 11.1. The van der Waals surface area contributed by atoms with Gasteiger partial charge in [0, 0.05) is 23.9 Å². The Hall–Kier alpha value is -1.75. The SMILES string of the molecule is CCOc1cc(N)cc(C(=O)NCC(O)C2CC2)c1. The Morgan fingerprint density at radius 1 is 1.53 bits per heavy atom. The summed E-state index contributed by atoms with van der Waals surface area (Å²) >= 11 is 0. The van der Waals surface area contributed by atoms with Crippen LogP contribution in [0.25, 0.3) is 0 Å². The third-order valence-electron chi connectivity index (χ3n) is 3.14. The first-order valence-corrected chi connectivity index (χ1v) is 6.59. The lowest BCUT2D eigenvalue weighted by Crippen LogP contribution is -2.33. The van der Waals surface area contributed by atoms with Crippen LogP contribution in [0.1, 0.15) is 30.1 Å². The van der Waals surface area contributed by atoms with Gasteiger partial charge in [-0.15, -0.1) is 0 Å². The lowest BCUT2D eigenvalue weighted by molar-refractivity contribution is 0.0901. The summed E-state index contributed by atoms with van der Waals surface area (Å²) < 4.78 is 5.34. The van der Waals surface area contributed by atoms with Crippen molar-refractivity contribution in [2.24, 2.45) is 5.92 Å². The van der Waals surface area contributed by atoms with E-state index in [4.69, 9.17) is 10.5 Å². The number of carbonyl (C=O) groups excluding carboxylic acids is 1. The number of ether oxygens (including phenoxy) is 1. The molecular weight excluding hydrogens is 244 g/mol. The number of nitrogens with two attached hydrogens (primary N) is 1. The first-order valence-electron chi connectivity index (χ1n) is 6.59. The molecule has 0 aliphatic heterocycles. The van der Waals surface area contributed by atoms with Gasteiger partial charge < -0.3 is 20.9 Å². The number of carbonyl (C=O) groups is 1. The number of hydrogen-bond acceptors (Lipinski definition) is 4. The molecule has 1 amide bonds. The summed E-state index contributed by atoms with van der Waals surface area (Å²) in [6.45, 7) is 2.67. The molecule has 1 fully saturated rings. The third-order valence-corrected chi connectivity index (χ3v) is 3.14. The van der Waals surface area contributed by atoms with Crippen LogP contribution in [-0.2, 0) is 0 Å². The van der Waals surface area contributed by atoms with Crippen LogP contribution in [0.3, 0.4) is 0 Å². The molecule has 0 spiro atoms. The molecule has 0 saturated heterocycles. The van der Waals surface area contributed by atoms with Crippen molar-refractivity contribution < 1.29 is 14.6 Å². The average Bonchev–Trinajstić information content (AvgIpc) is 3.19. The molecule has 5 heteroatoms. The number of nitrogen functional groups attached to an aromatic ring is 1. The van der Waals surface area contributed by atoms with Crippen LogP contribution in [0, 0.1) is 5.92 Å². The van der Waals surface area contributed by atoms with Crippen molar-refractivity contribution in [3.8, 4) is 5.75 Å². The normalized spacial score (nSPS) is 15.9. The zero-order chi connectivity index (χ0) is 13.8. The van der Waals surface area contributed by atoms with Gasteiger partial charge in [0.15, 0.2) is 0 Å². The van der Waals surface area contributed by atoms with Crippen molar-refractivity contribution in [3.05, 3.63) is 23.8 Å².